The minimum atomic E-state index is -0.318. The van der Waals surface area contributed by atoms with Crippen LogP contribution < -0.4 is 0 Å². The molecule has 1 heterocycles. The van der Waals surface area contributed by atoms with Crippen molar-refractivity contribution in [2.75, 3.05) is 0 Å². The lowest BCUT2D eigenvalue weighted by Gasteiger charge is -2.09. The largest absolute Gasteiger partial charge is 0.252 e. The summed E-state index contributed by atoms with van der Waals surface area (Å²) in [5, 5.41) is 1.44. The molecule has 0 aliphatic carbocycles. The first-order chi connectivity index (χ1) is 7.54. The molecule has 2 rings (SSSR count). The maximum atomic E-state index is 13.4. The van der Waals surface area contributed by atoms with Crippen molar-refractivity contribution in [2.45, 2.75) is 20.3 Å². The average molecular weight is 303 g/mol. The van der Waals surface area contributed by atoms with Gasteiger partial charge in [0.05, 0.1) is 15.0 Å². The predicted molar refractivity (Wildman–Crippen MR) is 68.5 cm³/mol. The summed E-state index contributed by atoms with van der Waals surface area (Å²) in [7, 11) is 0. The van der Waals surface area contributed by atoms with Crippen molar-refractivity contribution in [2.24, 2.45) is 0 Å². The molecule has 2 aromatic rings. The van der Waals surface area contributed by atoms with Crippen molar-refractivity contribution in [3.63, 3.8) is 0 Å². The molecule has 0 unspecified atom stereocenters. The zero-order chi connectivity index (χ0) is 11.9. The molecule has 1 aromatic heterocycles. The van der Waals surface area contributed by atoms with Crippen molar-refractivity contribution in [1.82, 2.24) is 4.98 Å². The second-order valence-electron chi connectivity index (χ2n) is 3.63. The second-order valence-corrected chi connectivity index (χ2v) is 4.87. The number of aryl methyl sites for hydroxylation is 1. The van der Waals surface area contributed by atoms with E-state index in [1.165, 1.54) is 6.07 Å². The fourth-order valence-electron chi connectivity index (χ4n) is 1.71. The molecule has 0 aliphatic heterocycles. The molecule has 1 nitrogen and oxygen atoms in total. The van der Waals surface area contributed by atoms with Gasteiger partial charge in [-0.2, -0.15) is 0 Å². The van der Waals surface area contributed by atoms with Gasteiger partial charge in [-0.05, 0) is 40.9 Å². The molecule has 0 atom stereocenters. The summed E-state index contributed by atoms with van der Waals surface area (Å²) in [6, 6.07) is 3.08. The molecule has 0 N–H and O–H groups in total. The zero-order valence-electron chi connectivity index (χ0n) is 8.94. The summed E-state index contributed by atoms with van der Waals surface area (Å²) >= 11 is 9.40. The van der Waals surface area contributed by atoms with Crippen LogP contribution in [0.4, 0.5) is 4.39 Å². The highest BCUT2D eigenvalue weighted by Gasteiger charge is 2.11. The topological polar surface area (TPSA) is 12.9 Å². The van der Waals surface area contributed by atoms with E-state index in [9.17, 15) is 4.39 Å². The third kappa shape index (κ3) is 1.82. The van der Waals surface area contributed by atoms with E-state index in [1.54, 1.807) is 6.07 Å². The number of rotatable bonds is 1. The van der Waals surface area contributed by atoms with Crippen LogP contribution in [0.2, 0.25) is 5.02 Å². The number of fused-ring (bicyclic) bond motifs is 1. The molecule has 0 radical (unpaired) electrons. The molecule has 84 valence electrons. The van der Waals surface area contributed by atoms with Gasteiger partial charge in [0.1, 0.15) is 5.82 Å². The van der Waals surface area contributed by atoms with Gasteiger partial charge in [0, 0.05) is 17.1 Å². The van der Waals surface area contributed by atoms with Crippen LogP contribution in [-0.4, -0.2) is 4.98 Å². The summed E-state index contributed by atoms with van der Waals surface area (Å²) in [6.45, 7) is 3.94. The van der Waals surface area contributed by atoms with Crippen LogP contribution in [-0.2, 0) is 6.42 Å². The third-order valence-corrected chi connectivity index (χ3v) is 3.72. The number of nitrogens with zero attached hydrogens (tertiary/aromatic N) is 1. The highest BCUT2D eigenvalue weighted by atomic mass is 79.9. The van der Waals surface area contributed by atoms with E-state index >= 15 is 0 Å². The van der Waals surface area contributed by atoms with Gasteiger partial charge < -0.3 is 0 Å². The fourth-order valence-corrected chi connectivity index (χ4v) is 2.31. The first-order valence-corrected chi connectivity index (χ1v) is 6.15. The lowest BCUT2D eigenvalue weighted by Crippen LogP contribution is -1.95. The van der Waals surface area contributed by atoms with Gasteiger partial charge in [-0.15, -0.1) is 0 Å². The van der Waals surface area contributed by atoms with E-state index in [0.29, 0.717) is 15.0 Å². The highest BCUT2D eigenvalue weighted by molar-refractivity contribution is 9.10. The van der Waals surface area contributed by atoms with Gasteiger partial charge >= 0.3 is 0 Å². The Morgan fingerprint density at radius 3 is 2.75 bits per heavy atom. The van der Waals surface area contributed by atoms with Crippen LogP contribution in [0, 0.1) is 12.7 Å². The van der Waals surface area contributed by atoms with Crippen molar-refractivity contribution in [3.8, 4) is 0 Å². The Balaban J connectivity index is 2.87. The minimum absolute atomic E-state index is 0.318. The van der Waals surface area contributed by atoms with Gasteiger partial charge in [0.25, 0.3) is 0 Å². The van der Waals surface area contributed by atoms with Crippen molar-refractivity contribution in [1.29, 1.82) is 0 Å². The van der Waals surface area contributed by atoms with Gasteiger partial charge in [0.2, 0.25) is 0 Å². The van der Waals surface area contributed by atoms with Crippen LogP contribution in [0.15, 0.2) is 16.6 Å². The summed E-state index contributed by atoms with van der Waals surface area (Å²) in [5.74, 6) is -0.318. The van der Waals surface area contributed by atoms with Crippen LogP contribution >= 0.6 is 27.5 Å². The number of pyridine rings is 1. The Hall–Kier alpha value is -0.670. The SMILES string of the molecule is CCc1nc2cc(F)c(Br)cc2c(Cl)c1C. The third-order valence-electron chi connectivity index (χ3n) is 2.63. The quantitative estimate of drug-likeness (QED) is 0.746. The van der Waals surface area contributed by atoms with Crippen molar-refractivity contribution >= 4 is 38.4 Å². The number of hydrogen-bond donors (Lipinski definition) is 0. The minimum Gasteiger partial charge on any atom is -0.252 e. The summed E-state index contributed by atoms with van der Waals surface area (Å²) < 4.78 is 13.8. The molecule has 0 bridgehead atoms. The molecule has 0 spiro atoms. The fraction of sp³-hybridized carbons (Fsp3) is 0.250. The van der Waals surface area contributed by atoms with E-state index in [4.69, 9.17) is 11.6 Å². The molecule has 4 heteroatoms. The normalized spacial score (nSPS) is 11.1. The molecule has 0 saturated heterocycles. The van der Waals surface area contributed by atoms with Gasteiger partial charge in [-0.3, -0.25) is 4.98 Å². The van der Waals surface area contributed by atoms with Gasteiger partial charge in [0.15, 0.2) is 0 Å². The lowest BCUT2D eigenvalue weighted by molar-refractivity contribution is 0.622. The molecule has 0 fully saturated rings. The first kappa shape index (κ1) is 11.8. The van der Waals surface area contributed by atoms with Crippen LogP contribution in [0.1, 0.15) is 18.2 Å². The maximum absolute atomic E-state index is 13.4. The molecule has 0 saturated carbocycles. The number of benzene rings is 1. The monoisotopic (exact) mass is 301 g/mol. The van der Waals surface area contributed by atoms with E-state index in [2.05, 4.69) is 20.9 Å². The van der Waals surface area contributed by atoms with E-state index in [0.717, 1.165) is 23.1 Å². The lowest BCUT2D eigenvalue weighted by atomic mass is 10.1. The molecular weight excluding hydrogens is 292 g/mol. The second kappa shape index (κ2) is 4.30. The van der Waals surface area contributed by atoms with Crippen LogP contribution in [0.5, 0.6) is 0 Å². The van der Waals surface area contributed by atoms with Crippen molar-refractivity contribution in [3.05, 3.63) is 38.7 Å². The van der Waals surface area contributed by atoms with Gasteiger partial charge in [-0.25, -0.2) is 4.39 Å². The van der Waals surface area contributed by atoms with E-state index in [1.807, 2.05) is 13.8 Å². The average Bonchev–Trinajstić information content (AvgIpc) is 2.26. The molecular formula is C12H10BrClFN. The van der Waals surface area contributed by atoms with Crippen LogP contribution in [0.25, 0.3) is 10.9 Å². The predicted octanol–water partition coefficient (Wildman–Crippen LogP) is 4.66. The highest BCUT2D eigenvalue weighted by Crippen LogP contribution is 2.31. The van der Waals surface area contributed by atoms with Crippen LogP contribution in [0.3, 0.4) is 0 Å². The molecule has 0 aliphatic rings. The smallest absolute Gasteiger partial charge is 0.139 e. The Kier molecular flexibility index (Phi) is 3.17. The van der Waals surface area contributed by atoms with Crippen molar-refractivity contribution < 1.29 is 4.39 Å². The van der Waals surface area contributed by atoms with E-state index in [-0.39, 0.29) is 5.82 Å². The maximum Gasteiger partial charge on any atom is 0.139 e. The molecule has 1 aromatic carbocycles. The first-order valence-electron chi connectivity index (χ1n) is 4.98. The van der Waals surface area contributed by atoms with E-state index < -0.39 is 0 Å². The number of aromatic nitrogens is 1. The Bertz CT molecular complexity index is 569. The summed E-state index contributed by atoms with van der Waals surface area (Å²) in [4.78, 5) is 4.41. The standard InChI is InChI=1S/C12H10BrClFN/c1-3-10-6(2)12(14)7-4-8(13)9(15)5-11(7)16-10/h4-5H,3H2,1-2H3. The molecule has 16 heavy (non-hydrogen) atoms. The summed E-state index contributed by atoms with van der Waals surface area (Å²) in [6.07, 6.45) is 0.791. The number of halogens is 3. The Morgan fingerprint density at radius 2 is 2.12 bits per heavy atom. The number of hydrogen-bond acceptors (Lipinski definition) is 1. The summed E-state index contributed by atoms with van der Waals surface area (Å²) in [5.41, 5.74) is 2.49. The van der Waals surface area contributed by atoms with Gasteiger partial charge in [-0.1, -0.05) is 18.5 Å². The Morgan fingerprint density at radius 1 is 1.44 bits per heavy atom. The molecule has 0 amide bonds. The zero-order valence-corrected chi connectivity index (χ0v) is 11.3. The Labute approximate surface area is 107 Å².